The second-order valence-electron chi connectivity index (χ2n) is 5.39. The first kappa shape index (κ1) is 14.4. The highest BCUT2D eigenvalue weighted by Crippen LogP contribution is 2.36. The molecular weight excluding hydrogens is 240 g/mol. The Labute approximate surface area is 115 Å². The highest BCUT2D eigenvalue weighted by atomic mass is 16.5. The van der Waals surface area contributed by atoms with Crippen molar-refractivity contribution in [1.29, 1.82) is 0 Å². The molecule has 0 saturated carbocycles. The maximum Gasteiger partial charge on any atom is 0.122 e. The van der Waals surface area contributed by atoms with E-state index in [1.165, 1.54) is 5.56 Å². The maximum atomic E-state index is 10.2. The summed E-state index contributed by atoms with van der Waals surface area (Å²) in [4.78, 5) is 0. The van der Waals surface area contributed by atoms with Crippen LogP contribution >= 0.6 is 0 Å². The van der Waals surface area contributed by atoms with E-state index in [4.69, 9.17) is 9.47 Å². The van der Waals surface area contributed by atoms with Gasteiger partial charge in [-0.25, -0.2) is 0 Å². The predicted molar refractivity (Wildman–Crippen MR) is 75.6 cm³/mol. The zero-order valence-electron chi connectivity index (χ0n) is 11.8. The lowest BCUT2D eigenvalue weighted by Gasteiger charge is -2.27. The van der Waals surface area contributed by atoms with E-state index in [1.54, 1.807) is 7.11 Å². The lowest BCUT2D eigenvalue weighted by Crippen LogP contribution is -2.20. The fourth-order valence-electron chi connectivity index (χ4n) is 2.65. The smallest absolute Gasteiger partial charge is 0.122 e. The number of para-hydroxylation sites is 1. The van der Waals surface area contributed by atoms with E-state index in [0.29, 0.717) is 5.92 Å². The molecule has 106 valence electrons. The fraction of sp³-hybridized carbons (Fsp3) is 0.625. The molecule has 3 unspecified atom stereocenters. The standard InChI is InChI=1S/C16H24O3/c1-12(18-2)7-8-14(17)11-13-9-10-19-16-6-4-3-5-15(13)16/h3-6,12-14,17H,7-11H2,1-2H3. The molecule has 1 aromatic rings. The van der Waals surface area contributed by atoms with Crippen LogP contribution in [-0.2, 0) is 4.74 Å². The third-order valence-electron chi connectivity index (χ3n) is 3.95. The van der Waals surface area contributed by atoms with E-state index in [1.807, 2.05) is 25.1 Å². The molecule has 0 spiro atoms. The van der Waals surface area contributed by atoms with Gasteiger partial charge < -0.3 is 14.6 Å². The summed E-state index contributed by atoms with van der Waals surface area (Å²) in [6.45, 7) is 2.79. The van der Waals surface area contributed by atoms with Crippen LogP contribution in [0.25, 0.3) is 0 Å². The molecular formula is C16H24O3. The third-order valence-corrected chi connectivity index (χ3v) is 3.95. The minimum atomic E-state index is -0.256. The summed E-state index contributed by atoms with van der Waals surface area (Å²) in [5.41, 5.74) is 1.24. The number of rotatable bonds is 6. The van der Waals surface area contributed by atoms with Crippen molar-refractivity contribution in [3.8, 4) is 5.75 Å². The molecule has 2 rings (SSSR count). The molecule has 1 aliphatic heterocycles. The van der Waals surface area contributed by atoms with Gasteiger partial charge in [-0.2, -0.15) is 0 Å². The van der Waals surface area contributed by atoms with Crippen LogP contribution in [0.3, 0.4) is 0 Å². The summed E-state index contributed by atoms with van der Waals surface area (Å²) in [6, 6.07) is 8.17. The van der Waals surface area contributed by atoms with Crippen LogP contribution in [0.5, 0.6) is 5.75 Å². The van der Waals surface area contributed by atoms with Gasteiger partial charge in [0, 0.05) is 7.11 Å². The number of hydrogen-bond donors (Lipinski definition) is 1. The van der Waals surface area contributed by atoms with E-state index in [2.05, 4.69) is 6.07 Å². The molecule has 1 N–H and O–H groups in total. The Morgan fingerprint density at radius 2 is 2.16 bits per heavy atom. The summed E-state index contributed by atoms with van der Waals surface area (Å²) in [5.74, 6) is 1.40. The van der Waals surface area contributed by atoms with E-state index in [-0.39, 0.29) is 12.2 Å². The molecule has 1 aliphatic rings. The third kappa shape index (κ3) is 3.95. The minimum absolute atomic E-state index is 0.219. The second kappa shape index (κ2) is 6.92. The Balaban J connectivity index is 1.89. The maximum absolute atomic E-state index is 10.2. The Bertz CT molecular complexity index is 391. The molecule has 0 radical (unpaired) electrons. The zero-order valence-corrected chi connectivity index (χ0v) is 11.8. The van der Waals surface area contributed by atoms with Gasteiger partial charge in [0.2, 0.25) is 0 Å². The first-order chi connectivity index (χ1) is 9.20. The van der Waals surface area contributed by atoms with Crippen LogP contribution in [0.15, 0.2) is 24.3 Å². The van der Waals surface area contributed by atoms with Crippen molar-refractivity contribution in [3.05, 3.63) is 29.8 Å². The Morgan fingerprint density at radius 1 is 1.37 bits per heavy atom. The van der Waals surface area contributed by atoms with E-state index < -0.39 is 0 Å². The highest BCUT2D eigenvalue weighted by molar-refractivity contribution is 5.37. The Kier molecular flexibility index (Phi) is 5.23. The van der Waals surface area contributed by atoms with Crippen LogP contribution in [0.4, 0.5) is 0 Å². The van der Waals surface area contributed by atoms with Crippen LogP contribution in [0, 0.1) is 0 Å². The van der Waals surface area contributed by atoms with Gasteiger partial charge in [0.1, 0.15) is 5.75 Å². The fourth-order valence-corrected chi connectivity index (χ4v) is 2.65. The molecule has 0 aromatic heterocycles. The number of benzene rings is 1. The van der Waals surface area contributed by atoms with Crippen LogP contribution in [0.2, 0.25) is 0 Å². The van der Waals surface area contributed by atoms with Crippen LogP contribution in [0.1, 0.15) is 44.1 Å². The van der Waals surface area contributed by atoms with Gasteiger partial charge in [-0.3, -0.25) is 0 Å². The van der Waals surface area contributed by atoms with E-state index in [9.17, 15) is 5.11 Å². The molecule has 1 heterocycles. The topological polar surface area (TPSA) is 38.7 Å². The van der Waals surface area contributed by atoms with Crippen molar-refractivity contribution in [2.24, 2.45) is 0 Å². The van der Waals surface area contributed by atoms with Crippen molar-refractivity contribution < 1.29 is 14.6 Å². The number of methoxy groups -OCH3 is 1. The molecule has 1 aromatic carbocycles. The van der Waals surface area contributed by atoms with Gasteiger partial charge >= 0.3 is 0 Å². The lowest BCUT2D eigenvalue weighted by atomic mass is 9.87. The Hall–Kier alpha value is -1.06. The first-order valence-corrected chi connectivity index (χ1v) is 7.13. The molecule has 3 atom stereocenters. The second-order valence-corrected chi connectivity index (χ2v) is 5.39. The van der Waals surface area contributed by atoms with Gasteiger partial charge in [-0.1, -0.05) is 18.2 Å². The predicted octanol–water partition coefficient (Wildman–Crippen LogP) is 3.12. The minimum Gasteiger partial charge on any atom is -0.493 e. The molecule has 3 nitrogen and oxygen atoms in total. The van der Waals surface area contributed by atoms with Crippen molar-refractivity contribution in [2.75, 3.05) is 13.7 Å². The van der Waals surface area contributed by atoms with Gasteiger partial charge in [-0.15, -0.1) is 0 Å². The lowest BCUT2D eigenvalue weighted by molar-refractivity contribution is 0.0779. The summed E-state index contributed by atoms with van der Waals surface area (Å²) in [7, 11) is 1.71. The highest BCUT2D eigenvalue weighted by Gasteiger charge is 2.23. The number of hydrogen-bond acceptors (Lipinski definition) is 3. The van der Waals surface area contributed by atoms with E-state index >= 15 is 0 Å². The largest absolute Gasteiger partial charge is 0.493 e. The van der Waals surface area contributed by atoms with Gasteiger partial charge in [0.15, 0.2) is 0 Å². The van der Waals surface area contributed by atoms with Crippen molar-refractivity contribution in [2.45, 2.75) is 50.7 Å². The molecule has 0 fully saturated rings. The van der Waals surface area contributed by atoms with E-state index in [0.717, 1.165) is 38.0 Å². The quantitative estimate of drug-likeness (QED) is 0.858. The molecule has 0 amide bonds. The molecule has 3 heteroatoms. The molecule has 19 heavy (non-hydrogen) atoms. The monoisotopic (exact) mass is 264 g/mol. The van der Waals surface area contributed by atoms with Gasteiger partial charge in [0.05, 0.1) is 18.8 Å². The van der Waals surface area contributed by atoms with Crippen molar-refractivity contribution in [3.63, 3.8) is 0 Å². The summed E-state index contributed by atoms with van der Waals surface area (Å²) >= 11 is 0. The molecule has 0 saturated heterocycles. The molecule has 0 aliphatic carbocycles. The average molecular weight is 264 g/mol. The summed E-state index contributed by atoms with van der Waals surface area (Å²) in [5, 5.41) is 10.2. The summed E-state index contributed by atoms with van der Waals surface area (Å²) < 4.78 is 10.9. The zero-order chi connectivity index (χ0) is 13.7. The van der Waals surface area contributed by atoms with Crippen LogP contribution in [-0.4, -0.2) is 31.0 Å². The Morgan fingerprint density at radius 3 is 2.95 bits per heavy atom. The molecule has 0 bridgehead atoms. The number of aliphatic hydroxyl groups is 1. The van der Waals surface area contributed by atoms with Gasteiger partial charge in [0.25, 0.3) is 0 Å². The SMILES string of the molecule is COC(C)CCC(O)CC1CCOc2ccccc21. The first-order valence-electron chi connectivity index (χ1n) is 7.13. The summed E-state index contributed by atoms with van der Waals surface area (Å²) in [6.07, 6.45) is 3.48. The van der Waals surface area contributed by atoms with Crippen molar-refractivity contribution >= 4 is 0 Å². The normalized spacial score (nSPS) is 21.3. The van der Waals surface area contributed by atoms with Gasteiger partial charge in [-0.05, 0) is 50.2 Å². The number of ether oxygens (including phenoxy) is 2. The van der Waals surface area contributed by atoms with Crippen LogP contribution < -0.4 is 4.74 Å². The number of aliphatic hydroxyl groups excluding tert-OH is 1. The average Bonchev–Trinajstić information content (AvgIpc) is 2.45. The number of fused-ring (bicyclic) bond motifs is 1. The van der Waals surface area contributed by atoms with Crippen molar-refractivity contribution in [1.82, 2.24) is 0 Å².